The number of nitrogens with zero attached hydrogens (tertiary/aromatic N) is 2. The number of amides is 2. The van der Waals surface area contributed by atoms with Crippen LogP contribution in [0, 0.1) is 0 Å². The molecule has 0 atom stereocenters. The summed E-state index contributed by atoms with van der Waals surface area (Å²) >= 11 is 12.1. The molecule has 0 aliphatic rings. The molecule has 3 aromatic rings. The third-order valence-electron chi connectivity index (χ3n) is 4.83. The quantitative estimate of drug-likeness (QED) is 0.327. The molecule has 0 heterocycles. The first-order chi connectivity index (χ1) is 16.6. The lowest BCUT2D eigenvalue weighted by molar-refractivity contribution is -0.119. The van der Waals surface area contributed by atoms with Gasteiger partial charge in [-0.1, -0.05) is 59.6 Å². The Labute approximate surface area is 213 Å². The molecule has 0 saturated carbocycles. The highest BCUT2D eigenvalue weighted by molar-refractivity contribution is 7.92. The molecule has 0 unspecified atom stereocenters. The minimum absolute atomic E-state index is 0.0199. The zero-order valence-corrected chi connectivity index (χ0v) is 21.2. The predicted octanol–water partition coefficient (Wildman–Crippen LogP) is 4.55. The molecule has 0 aliphatic heterocycles. The summed E-state index contributed by atoms with van der Waals surface area (Å²) < 4.78 is 25.4. The average molecular weight is 533 g/mol. The first-order valence-electron chi connectivity index (χ1n) is 10.3. The first kappa shape index (κ1) is 26.2. The molecule has 182 valence electrons. The van der Waals surface area contributed by atoms with Gasteiger partial charge in [0, 0.05) is 11.3 Å². The molecule has 0 bridgehead atoms. The number of carbonyl (C=O) groups is 2. The second kappa shape index (κ2) is 11.4. The van der Waals surface area contributed by atoms with Gasteiger partial charge in [0.1, 0.15) is 6.54 Å². The summed E-state index contributed by atoms with van der Waals surface area (Å²) in [5, 5.41) is 7.04. The van der Waals surface area contributed by atoms with E-state index in [0.717, 1.165) is 10.6 Å². The molecule has 2 amide bonds. The Kier molecular flexibility index (Phi) is 8.50. The van der Waals surface area contributed by atoms with E-state index in [1.54, 1.807) is 55.5 Å². The van der Waals surface area contributed by atoms with Gasteiger partial charge in [0.05, 0.1) is 27.7 Å². The van der Waals surface area contributed by atoms with Crippen LogP contribution in [0.3, 0.4) is 0 Å². The van der Waals surface area contributed by atoms with Gasteiger partial charge in [0.25, 0.3) is 11.8 Å². The van der Waals surface area contributed by atoms with Crippen molar-refractivity contribution in [3.8, 4) is 0 Å². The monoisotopic (exact) mass is 532 g/mol. The predicted molar refractivity (Wildman–Crippen MR) is 140 cm³/mol. The van der Waals surface area contributed by atoms with Gasteiger partial charge in [-0.15, -0.1) is 0 Å². The Morgan fingerprint density at radius 2 is 1.57 bits per heavy atom. The molecule has 0 aromatic heterocycles. The number of sulfonamides is 1. The number of rotatable bonds is 8. The normalized spacial score (nSPS) is 11.6. The summed E-state index contributed by atoms with van der Waals surface area (Å²) in [7, 11) is -3.83. The van der Waals surface area contributed by atoms with E-state index in [1.165, 1.54) is 18.2 Å². The van der Waals surface area contributed by atoms with E-state index < -0.39 is 22.5 Å². The van der Waals surface area contributed by atoms with E-state index in [1.807, 2.05) is 6.07 Å². The van der Waals surface area contributed by atoms with Crippen molar-refractivity contribution >= 4 is 62.1 Å². The highest BCUT2D eigenvalue weighted by Gasteiger charge is 2.24. The van der Waals surface area contributed by atoms with Crippen LogP contribution in [-0.2, 0) is 14.8 Å². The molecular formula is C24H22Cl2N4O4S. The van der Waals surface area contributed by atoms with E-state index in [-0.39, 0.29) is 21.6 Å². The van der Waals surface area contributed by atoms with E-state index >= 15 is 0 Å². The standard InChI is InChI=1S/C24H22Cl2N4O4S/c1-16(17-11-13-19(14-12-17)27-24(32)18-7-4-3-5-8-18)28-29-22(31)15-30(35(2,33)34)21-10-6-9-20(25)23(21)26/h3-14H,15H2,1-2H3,(H,27,32)(H,29,31)/b28-16+. The fourth-order valence-electron chi connectivity index (χ4n) is 3.03. The van der Waals surface area contributed by atoms with Crippen molar-refractivity contribution in [2.75, 3.05) is 22.4 Å². The number of hydrogen-bond donors (Lipinski definition) is 2. The Morgan fingerprint density at radius 3 is 2.20 bits per heavy atom. The molecular weight excluding hydrogens is 511 g/mol. The maximum atomic E-state index is 12.5. The summed E-state index contributed by atoms with van der Waals surface area (Å²) in [4.78, 5) is 24.7. The van der Waals surface area contributed by atoms with Gasteiger partial charge in [0.2, 0.25) is 10.0 Å². The lowest BCUT2D eigenvalue weighted by Crippen LogP contribution is -2.39. The SMILES string of the molecule is C/C(=N\NC(=O)CN(c1cccc(Cl)c1Cl)S(C)(=O)=O)c1ccc(NC(=O)c2ccccc2)cc1. The van der Waals surface area contributed by atoms with E-state index in [9.17, 15) is 18.0 Å². The molecule has 8 nitrogen and oxygen atoms in total. The van der Waals surface area contributed by atoms with E-state index in [2.05, 4.69) is 15.8 Å². The van der Waals surface area contributed by atoms with Gasteiger partial charge in [-0.2, -0.15) is 5.10 Å². The number of carbonyl (C=O) groups excluding carboxylic acids is 2. The van der Waals surface area contributed by atoms with Crippen LogP contribution in [0.4, 0.5) is 11.4 Å². The topological polar surface area (TPSA) is 108 Å². The fraction of sp³-hybridized carbons (Fsp3) is 0.125. The third-order valence-corrected chi connectivity index (χ3v) is 6.77. The van der Waals surface area contributed by atoms with Crippen LogP contribution >= 0.6 is 23.2 Å². The summed E-state index contributed by atoms with van der Waals surface area (Å²) in [6.45, 7) is 1.14. The second-order valence-corrected chi connectivity index (χ2v) is 10.2. The summed E-state index contributed by atoms with van der Waals surface area (Å²) in [6.07, 6.45) is 0.962. The van der Waals surface area contributed by atoms with Crippen molar-refractivity contribution in [2.24, 2.45) is 5.10 Å². The number of benzene rings is 3. The van der Waals surface area contributed by atoms with Gasteiger partial charge in [-0.05, 0) is 48.9 Å². The summed E-state index contributed by atoms with van der Waals surface area (Å²) in [5.74, 6) is -0.899. The van der Waals surface area contributed by atoms with Gasteiger partial charge in [-0.3, -0.25) is 13.9 Å². The van der Waals surface area contributed by atoms with Crippen molar-refractivity contribution in [1.29, 1.82) is 0 Å². The van der Waals surface area contributed by atoms with Crippen LogP contribution < -0.4 is 15.0 Å². The van der Waals surface area contributed by atoms with Crippen molar-refractivity contribution in [3.63, 3.8) is 0 Å². The van der Waals surface area contributed by atoms with Crippen LogP contribution in [0.5, 0.6) is 0 Å². The zero-order valence-electron chi connectivity index (χ0n) is 18.8. The number of hydrazone groups is 1. The number of anilines is 2. The highest BCUT2D eigenvalue weighted by atomic mass is 35.5. The first-order valence-corrected chi connectivity index (χ1v) is 12.9. The van der Waals surface area contributed by atoms with Crippen LogP contribution in [0.15, 0.2) is 77.9 Å². The maximum Gasteiger partial charge on any atom is 0.260 e. The molecule has 3 aromatic carbocycles. The molecule has 0 spiro atoms. The van der Waals surface area contributed by atoms with Crippen molar-refractivity contribution in [3.05, 3.63) is 94.0 Å². The Bertz CT molecular complexity index is 1360. The second-order valence-electron chi connectivity index (χ2n) is 7.47. The van der Waals surface area contributed by atoms with E-state index in [4.69, 9.17) is 23.2 Å². The maximum absolute atomic E-state index is 12.5. The van der Waals surface area contributed by atoms with Gasteiger partial charge >= 0.3 is 0 Å². The summed E-state index contributed by atoms with van der Waals surface area (Å²) in [5.41, 5.74) is 4.75. The van der Waals surface area contributed by atoms with Crippen molar-refractivity contribution in [1.82, 2.24) is 5.43 Å². The minimum Gasteiger partial charge on any atom is -0.322 e. The van der Waals surface area contributed by atoms with Gasteiger partial charge in [0.15, 0.2) is 0 Å². The van der Waals surface area contributed by atoms with Crippen LogP contribution in [0.1, 0.15) is 22.8 Å². The number of hydrogen-bond acceptors (Lipinski definition) is 5. The molecule has 2 N–H and O–H groups in total. The van der Waals surface area contributed by atoms with Gasteiger partial charge in [-0.25, -0.2) is 13.8 Å². The summed E-state index contributed by atoms with van der Waals surface area (Å²) in [6, 6.07) is 20.2. The van der Waals surface area contributed by atoms with Gasteiger partial charge < -0.3 is 5.32 Å². The lowest BCUT2D eigenvalue weighted by Gasteiger charge is -2.22. The fourth-order valence-corrected chi connectivity index (χ4v) is 4.34. The number of nitrogens with one attached hydrogen (secondary N) is 2. The van der Waals surface area contributed by atoms with E-state index in [0.29, 0.717) is 22.5 Å². The lowest BCUT2D eigenvalue weighted by atomic mass is 10.1. The molecule has 0 saturated heterocycles. The largest absolute Gasteiger partial charge is 0.322 e. The smallest absolute Gasteiger partial charge is 0.260 e. The molecule has 35 heavy (non-hydrogen) atoms. The molecule has 3 rings (SSSR count). The Hall–Kier alpha value is -3.40. The van der Waals surface area contributed by atoms with Crippen LogP contribution in [0.2, 0.25) is 10.0 Å². The molecule has 11 heteroatoms. The zero-order chi connectivity index (χ0) is 25.6. The minimum atomic E-state index is -3.83. The Balaban J connectivity index is 1.66. The average Bonchev–Trinajstić information content (AvgIpc) is 2.83. The van der Waals surface area contributed by atoms with Crippen molar-refractivity contribution < 1.29 is 18.0 Å². The van der Waals surface area contributed by atoms with Crippen molar-refractivity contribution in [2.45, 2.75) is 6.92 Å². The Morgan fingerprint density at radius 1 is 0.914 bits per heavy atom. The molecule has 0 radical (unpaired) electrons. The molecule has 0 fully saturated rings. The third kappa shape index (κ3) is 7.05. The number of halogens is 2. The highest BCUT2D eigenvalue weighted by Crippen LogP contribution is 2.33. The van der Waals surface area contributed by atoms with Crippen LogP contribution in [-0.4, -0.2) is 38.7 Å². The molecule has 0 aliphatic carbocycles. The van der Waals surface area contributed by atoms with Crippen LogP contribution in [0.25, 0.3) is 0 Å².